The van der Waals surface area contributed by atoms with Crippen LogP contribution in [0.15, 0.2) is 66.7 Å². The summed E-state index contributed by atoms with van der Waals surface area (Å²) in [6.45, 7) is 6.70. The molecule has 3 atom stereocenters. The fourth-order valence-corrected chi connectivity index (χ4v) is 6.61. The average Bonchev–Trinajstić information content (AvgIpc) is 3.46. The highest BCUT2D eigenvalue weighted by Gasteiger charge is 2.46. The summed E-state index contributed by atoms with van der Waals surface area (Å²) in [5.41, 5.74) is 3.62. The molecule has 2 aliphatic heterocycles. The molecule has 2 fully saturated rings. The third-order valence-corrected chi connectivity index (χ3v) is 8.93. The van der Waals surface area contributed by atoms with Crippen molar-refractivity contribution in [1.29, 1.82) is 0 Å². The molecule has 0 bridgehead atoms. The van der Waals surface area contributed by atoms with Crippen LogP contribution in [0, 0.1) is 18.7 Å². The van der Waals surface area contributed by atoms with Gasteiger partial charge in [0.05, 0.1) is 17.5 Å². The van der Waals surface area contributed by atoms with E-state index < -0.39 is 35.9 Å². The molecule has 2 aliphatic rings. The first-order valence-corrected chi connectivity index (χ1v) is 15.3. The summed E-state index contributed by atoms with van der Waals surface area (Å²) >= 11 is 0. The molecule has 5 nitrogen and oxygen atoms in total. The van der Waals surface area contributed by atoms with E-state index in [0.717, 1.165) is 11.1 Å². The number of benzene rings is 3. The molecular weight excluding hydrogens is 570 g/mol. The van der Waals surface area contributed by atoms with Crippen LogP contribution in [0.2, 0.25) is 0 Å². The lowest BCUT2D eigenvalue weighted by Gasteiger charge is -2.41. The second kappa shape index (κ2) is 13.1. The van der Waals surface area contributed by atoms with Gasteiger partial charge in [-0.2, -0.15) is 13.2 Å². The van der Waals surface area contributed by atoms with Crippen LogP contribution in [-0.4, -0.2) is 46.9 Å². The summed E-state index contributed by atoms with van der Waals surface area (Å²) in [7, 11) is 0. The molecule has 44 heavy (non-hydrogen) atoms. The van der Waals surface area contributed by atoms with Gasteiger partial charge in [-0.3, -0.25) is 14.5 Å². The maximum Gasteiger partial charge on any atom is 0.404 e. The van der Waals surface area contributed by atoms with E-state index in [4.69, 9.17) is 0 Å². The summed E-state index contributed by atoms with van der Waals surface area (Å²) in [6, 6.07) is 17.1. The summed E-state index contributed by atoms with van der Waals surface area (Å²) < 4.78 is 55.6. The van der Waals surface area contributed by atoms with Crippen LogP contribution < -0.4 is 5.32 Å². The maximum absolute atomic E-state index is 15.0. The van der Waals surface area contributed by atoms with Crippen molar-refractivity contribution in [3.8, 4) is 0 Å². The van der Waals surface area contributed by atoms with Gasteiger partial charge < -0.3 is 10.2 Å². The van der Waals surface area contributed by atoms with Gasteiger partial charge in [0.15, 0.2) is 0 Å². The smallest absolute Gasteiger partial charge is 0.331 e. The molecule has 5 rings (SSSR count). The van der Waals surface area contributed by atoms with Gasteiger partial charge >= 0.3 is 6.18 Å². The Balaban J connectivity index is 1.46. The fourth-order valence-electron chi connectivity index (χ4n) is 6.61. The van der Waals surface area contributed by atoms with Crippen molar-refractivity contribution in [2.75, 3.05) is 18.4 Å². The Morgan fingerprint density at radius 1 is 0.955 bits per heavy atom. The van der Waals surface area contributed by atoms with Crippen molar-refractivity contribution in [3.63, 3.8) is 0 Å². The summed E-state index contributed by atoms with van der Waals surface area (Å²) in [5.74, 6) is -1.70. The number of carbonyl (C=O) groups is 2. The molecule has 3 aromatic rings. The second-order valence-electron chi connectivity index (χ2n) is 12.3. The minimum Gasteiger partial charge on any atom is -0.331 e. The van der Waals surface area contributed by atoms with E-state index in [-0.39, 0.29) is 30.4 Å². The van der Waals surface area contributed by atoms with E-state index in [0.29, 0.717) is 49.2 Å². The summed E-state index contributed by atoms with van der Waals surface area (Å²) in [6.07, 6.45) is -2.62. The highest BCUT2D eigenvalue weighted by Crippen LogP contribution is 2.39. The standard InChI is InChI=1S/C35H39F4N3O2/c1-22(2)26-9-5-10-27(20-26)40-33(43)28-11-6-19-42(34(44)31-23(3)8-4-12-29(31)36)32(28)25-16-14-24(15-17-25)21-41-18-7-13-30(41)35(37,38)39/h4-5,8-10,12,14-17,20,22,28,30,32H,6-7,11,13,18-19,21H2,1-3H3,(H,40,43)/t28-,30?,32?/m0/s1. The molecule has 0 radical (unpaired) electrons. The van der Waals surface area contributed by atoms with Gasteiger partial charge in [0.1, 0.15) is 11.9 Å². The molecule has 2 heterocycles. The number of alkyl halides is 3. The van der Waals surface area contributed by atoms with Crippen LogP contribution in [0.1, 0.15) is 84.1 Å². The van der Waals surface area contributed by atoms with Crippen molar-refractivity contribution in [2.24, 2.45) is 5.92 Å². The van der Waals surface area contributed by atoms with Gasteiger partial charge in [0, 0.05) is 18.8 Å². The lowest BCUT2D eigenvalue weighted by Crippen LogP contribution is -2.46. The minimum absolute atomic E-state index is 0.0213. The molecular formula is C35H39F4N3O2. The molecule has 0 spiro atoms. The summed E-state index contributed by atoms with van der Waals surface area (Å²) in [5, 5.41) is 3.04. The molecule has 3 aromatic carbocycles. The Morgan fingerprint density at radius 2 is 1.66 bits per heavy atom. The number of carbonyl (C=O) groups excluding carboxylic acids is 2. The lowest BCUT2D eigenvalue weighted by atomic mass is 9.83. The van der Waals surface area contributed by atoms with Gasteiger partial charge in [0.25, 0.3) is 5.91 Å². The molecule has 2 amide bonds. The number of aryl methyl sites for hydroxylation is 1. The first-order chi connectivity index (χ1) is 20.9. The zero-order chi connectivity index (χ0) is 31.6. The minimum atomic E-state index is -4.28. The molecule has 2 unspecified atom stereocenters. The van der Waals surface area contributed by atoms with Crippen molar-refractivity contribution in [3.05, 3.63) is 100 Å². The number of nitrogens with zero attached hydrogens (tertiary/aromatic N) is 2. The first-order valence-electron chi connectivity index (χ1n) is 15.3. The quantitative estimate of drug-likeness (QED) is 0.276. The van der Waals surface area contributed by atoms with Crippen molar-refractivity contribution in [2.45, 2.75) is 77.2 Å². The van der Waals surface area contributed by atoms with E-state index in [1.54, 1.807) is 48.2 Å². The van der Waals surface area contributed by atoms with E-state index in [1.165, 1.54) is 11.0 Å². The predicted octanol–water partition coefficient (Wildman–Crippen LogP) is 8.02. The van der Waals surface area contributed by atoms with Crippen LogP contribution in [0.3, 0.4) is 0 Å². The third-order valence-electron chi connectivity index (χ3n) is 8.93. The Labute approximate surface area is 256 Å². The van der Waals surface area contributed by atoms with Crippen LogP contribution in [0.25, 0.3) is 0 Å². The van der Waals surface area contributed by atoms with Crippen molar-refractivity contribution < 1.29 is 27.2 Å². The Hall–Kier alpha value is -3.72. The average molecular weight is 610 g/mol. The first kappa shape index (κ1) is 31.7. The molecule has 0 saturated carbocycles. The number of likely N-dealkylation sites (tertiary alicyclic amines) is 2. The molecule has 0 aliphatic carbocycles. The molecule has 234 valence electrons. The Morgan fingerprint density at radius 3 is 2.34 bits per heavy atom. The number of anilines is 1. The molecule has 2 saturated heterocycles. The van der Waals surface area contributed by atoms with E-state index >= 15 is 0 Å². The fraction of sp³-hybridized carbons (Fsp3) is 0.429. The van der Waals surface area contributed by atoms with E-state index in [1.807, 2.05) is 24.3 Å². The molecule has 1 N–H and O–H groups in total. The largest absolute Gasteiger partial charge is 0.404 e. The Bertz CT molecular complexity index is 1470. The SMILES string of the molecule is Cc1cccc(F)c1C(=O)N1CCC[C@H](C(=O)Nc2cccc(C(C)C)c2)C1c1ccc(CN2CCCC2C(F)(F)F)cc1. The van der Waals surface area contributed by atoms with Crippen LogP contribution in [0.4, 0.5) is 23.2 Å². The highest BCUT2D eigenvalue weighted by atomic mass is 19.4. The van der Waals surface area contributed by atoms with Crippen LogP contribution >= 0.6 is 0 Å². The van der Waals surface area contributed by atoms with Gasteiger partial charge in [0.2, 0.25) is 5.91 Å². The monoisotopic (exact) mass is 609 g/mol. The Kier molecular flexibility index (Phi) is 9.44. The molecule has 9 heteroatoms. The van der Waals surface area contributed by atoms with Gasteiger partial charge in [-0.1, -0.05) is 62.4 Å². The normalized spacial score (nSPS) is 21.1. The topological polar surface area (TPSA) is 52.7 Å². The number of piperidine rings is 1. The van der Waals surface area contributed by atoms with Crippen LogP contribution in [0.5, 0.6) is 0 Å². The van der Waals surface area contributed by atoms with Crippen molar-refractivity contribution in [1.82, 2.24) is 9.80 Å². The molecule has 0 aromatic heterocycles. The van der Waals surface area contributed by atoms with E-state index in [2.05, 4.69) is 19.2 Å². The number of nitrogens with one attached hydrogen (secondary N) is 1. The zero-order valence-corrected chi connectivity index (χ0v) is 25.3. The predicted molar refractivity (Wildman–Crippen MR) is 163 cm³/mol. The summed E-state index contributed by atoms with van der Waals surface area (Å²) in [4.78, 5) is 30.8. The number of rotatable bonds is 7. The lowest BCUT2D eigenvalue weighted by molar-refractivity contribution is -0.177. The van der Waals surface area contributed by atoms with Gasteiger partial charge in [-0.15, -0.1) is 0 Å². The number of halogens is 4. The van der Waals surface area contributed by atoms with E-state index in [9.17, 15) is 27.2 Å². The zero-order valence-electron chi connectivity index (χ0n) is 25.3. The number of hydrogen-bond acceptors (Lipinski definition) is 3. The second-order valence-corrected chi connectivity index (χ2v) is 12.3. The third kappa shape index (κ3) is 6.83. The van der Waals surface area contributed by atoms with Crippen molar-refractivity contribution >= 4 is 17.5 Å². The highest BCUT2D eigenvalue weighted by molar-refractivity contribution is 5.98. The van der Waals surface area contributed by atoms with Crippen LogP contribution in [-0.2, 0) is 11.3 Å². The number of amides is 2. The van der Waals surface area contributed by atoms with Gasteiger partial charge in [-0.25, -0.2) is 4.39 Å². The number of hydrogen-bond donors (Lipinski definition) is 1. The van der Waals surface area contributed by atoms with Gasteiger partial charge in [-0.05, 0) is 85.5 Å². The maximum atomic E-state index is 15.0.